The van der Waals surface area contributed by atoms with Crippen LogP contribution in [0.15, 0.2) is 24.3 Å². The first-order chi connectivity index (χ1) is 8.85. The summed E-state index contributed by atoms with van der Waals surface area (Å²) >= 11 is 0. The van der Waals surface area contributed by atoms with Gasteiger partial charge in [0, 0.05) is 24.7 Å². The fourth-order valence-electron chi connectivity index (χ4n) is 3.34. The van der Waals surface area contributed by atoms with Crippen LogP contribution < -0.4 is 0 Å². The number of piperidine rings is 1. The molecule has 2 atom stereocenters. The lowest BCUT2D eigenvalue weighted by Crippen LogP contribution is -2.31. The predicted octanol–water partition coefficient (Wildman–Crippen LogP) is 2.01. The number of aliphatic hydroxyl groups excluding tert-OH is 1. The van der Waals surface area contributed by atoms with Crippen molar-refractivity contribution in [1.82, 2.24) is 4.90 Å². The fourth-order valence-corrected chi connectivity index (χ4v) is 3.34. The smallest absolute Gasteiger partial charge is 0.104 e. The molecule has 1 aliphatic carbocycles. The molecule has 2 heteroatoms. The first-order valence-corrected chi connectivity index (χ1v) is 6.78. The van der Waals surface area contributed by atoms with Crippen LogP contribution in [0.2, 0.25) is 0 Å². The molecule has 2 bridgehead atoms. The number of nitrogens with zero attached hydrogens (tertiary/aromatic N) is 1. The van der Waals surface area contributed by atoms with Gasteiger partial charge in [-0.25, -0.2) is 0 Å². The molecule has 0 aromatic heterocycles. The summed E-state index contributed by atoms with van der Waals surface area (Å²) in [6.45, 7) is 2.26. The Labute approximate surface area is 109 Å². The largest absolute Gasteiger partial charge is 0.384 e. The molecule has 1 heterocycles. The van der Waals surface area contributed by atoms with E-state index in [4.69, 9.17) is 5.11 Å². The van der Waals surface area contributed by atoms with Crippen molar-refractivity contribution < 1.29 is 5.11 Å². The second-order valence-corrected chi connectivity index (χ2v) is 5.42. The lowest BCUT2D eigenvalue weighted by molar-refractivity contribution is 0.205. The molecular weight excluding hydrogens is 222 g/mol. The molecular formula is C16H19NO. The van der Waals surface area contributed by atoms with Crippen LogP contribution >= 0.6 is 0 Å². The van der Waals surface area contributed by atoms with E-state index in [-0.39, 0.29) is 6.61 Å². The highest BCUT2D eigenvalue weighted by Gasteiger charge is 2.37. The van der Waals surface area contributed by atoms with Crippen LogP contribution in [0, 0.1) is 17.8 Å². The molecule has 1 saturated carbocycles. The molecule has 1 aromatic rings. The quantitative estimate of drug-likeness (QED) is 0.801. The van der Waals surface area contributed by atoms with E-state index in [2.05, 4.69) is 34.9 Å². The highest BCUT2D eigenvalue weighted by atomic mass is 16.2. The van der Waals surface area contributed by atoms with Crippen molar-refractivity contribution >= 4 is 0 Å². The monoisotopic (exact) mass is 241 g/mol. The standard InChI is InChI=1S/C16H19NO/c18-8-2-5-13-3-1-4-14(9-13)11-17-12-15-6-7-16(17)10-15/h1,3-4,9,15-16,18H,6-8,10-12H2. The maximum absolute atomic E-state index is 8.72. The summed E-state index contributed by atoms with van der Waals surface area (Å²) in [7, 11) is 0. The number of benzene rings is 1. The average Bonchev–Trinajstić information content (AvgIpc) is 2.99. The molecule has 0 amide bonds. The average molecular weight is 241 g/mol. The van der Waals surface area contributed by atoms with E-state index in [0.717, 1.165) is 24.1 Å². The van der Waals surface area contributed by atoms with Crippen LogP contribution in [-0.4, -0.2) is 29.2 Å². The summed E-state index contributed by atoms with van der Waals surface area (Å²) in [5.41, 5.74) is 2.35. The maximum atomic E-state index is 8.72. The van der Waals surface area contributed by atoms with Gasteiger partial charge in [-0.1, -0.05) is 24.0 Å². The molecule has 2 nitrogen and oxygen atoms in total. The molecule has 1 N–H and O–H groups in total. The lowest BCUT2D eigenvalue weighted by Gasteiger charge is -2.26. The van der Waals surface area contributed by atoms with Gasteiger partial charge in [0.25, 0.3) is 0 Å². The summed E-state index contributed by atoms with van der Waals surface area (Å²) in [6.07, 6.45) is 4.22. The number of fused-ring (bicyclic) bond motifs is 2. The molecule has 2 fully saturated rings. The van der Waals surface area contributed by atoms with Gasteiger partial charge in [-0.05, 0) is 42.9 Å². The van der Waals surface area contributed by atoms with Gasteiger partial charge in [0.05, 0.1) is 0 Å². The van der Waals surface area contributed by atoms with Gasteiger partial charge in [-0.15, -0.1) is 0 Å². The second kappa shape index (κ2) is 5.14. The highest BCUT2D eigenvalue weighted by molar-refractivity contribution is 5.37. The molecule has 1 saturated heterocycles. The summed E-state index contributed by atoms with van der Waals surface area (Å²) < 4.78 is 0. The Morgan fingerprint density at radius 1 is 1.33 bits per heavy atom. The van der Waals surface area contributed by atoms with Crippen molar-refractivity contribution in [3.63, 3.8) is 0 Å². The topological polar surface area (TPSA) is 23.5 Å². The van der Waals surface area contributed by atoms with Crippen molar-refractivity contribution in [2.75, 3.05) is 13.2 Å². The zero-order valence-corrected chi connectivity index (χ0v) is 10.6. The molecule has 0 radical (unpaired) electrons. The van der Waals surface area contributed by atoms with E-state index in [0.29, 0.717) is 0 Å². The van der Waals surface area contributed by atoms with Crippen molar-refractivity contribution in [3.05, 3.63) is 35.4 Å². The molecule has 2 unspecified atom stereocenters. The van der Waals surface area contributed by atoms with Gasteiger partial charge in [0.1, 0.15) is 6.61 Å². The van der Waals surface area contributed by atoms with Crippen molar-refractivity contribution in [3.8, 4) is 11.8 Å². The minimum atomic E-state index is -0.0693. The molecule has 3 rings (SSSR count). The van der Waals surface area contributed by atoms with Crippen molar-refractivity contribution in [2.45, 2.75) is 31.8 Å². The van der Waals surface area contributed by atoms with E-state index in [1.807, 2.05) is 6.07 Å². The summed E-state index contributed by atoms with van der Waals surface area (Å²) in [4.78, 5) is 2.62. The fraction of sp³-hybridized carbons (Fsp3) is 0.500. The third kappa shape index (κ3) is 2.43. The van der Waals surface area contributed by atoms with Crippen LogP contribution in [-0.2, 0) is 6.54 Å². The summed E-state index contributed by atoms with van der Waals surface area (Å²) in [5.74, 6) is 6.63. The lowest BCUT2D eigenvalue weighted by atomic mass is 10.1. The molecule has 0 spiro atoms. The minimum absolute atomic E-state index is 0.0693. The number of likely N-dealkylation sites (tertiary alicyclic amines) is 1. The van der Waals surface area contributed by atoms with Gasteiger partial charge < -0.3 is 5.11 Å². The van der Waals surface area contributed by atoms with E-state index < -0.39 is 0 Å². The van der Waals surface area contributed by atoms with Crippen molar-refractivity contribution in [1.29, 1.82) is 0 Å². The Morgan fingerprint density at radius 2 is 2.28 bits per heavy atom. The maximum Gasteiger partial charge on any atom is 0.104 e. The first-order valence-electron chi connectivity index (χ1n) is 6.78. The Hall–Kier alpha value is -1.30. The molecule has 94 valence electrons. The molecule has 1 aromatic carbocycles. The Kier molecular flexibility index (Phi) is 3.36. The molecule has 1 aliphatic heterocycles. The molecule has 2 aliphatic rings. The third-order valence-electron chi connectivity index (χ3n) is 4.15. The summed E-state index contributed by atoms with van der Waals surface area (Å²) in [6, 6.07) is 9.21. The van der Waals surface area contributed by atoms with E-state index >= 15 is 0 Å². The number of hydrogen-bond acceptors (Lipinski definition) is 2. The van der Waals surface area contributed by atoms with E-state index in [9.17, 15) is 0 Å². The Morgan fingerprint density at radius 3 is 3.00 bits per heavy atom. The number of rotatable bonds is 2. The zero-order chi connectivity index (χ0) is 12.4. The Balaban J connectivity index is 1.69. The van der Waals surface area contributed by atoms with Crippen LogP contribution in [0.3, 0.4) is 0 Å². The first kappa shape index (κ1) is 11.8. The van der Waals surface area contributed by atoms with E-state index in [1.54, 1.807) is 0 Å². The molecule has 18 heavy (non-hydrogen) atoms. The Bertz CT molecular complexity index is 485. The van der Waals surface area contributed by atoms with Crippen LogP contribution in [0.25, 0.3) is 0 Å². The highest BCUT2D eigenvalue weighted by Crippen LogP contribution is 2.38. The van der Waals surface area contributed by atoms with Gasteiger partial charge in [0.2, 0.25) is 0 Å². The zero-order valence-electron chi connectivity index (χ0n) is 10.6. The van der Waals surface area contributed by atoms with Crippen LogP contribution in [0.5, 0.6) is 0 Å². The number of hydrogen-bond donors (Lipinski definition) is 1. The minimum Gasteiger partial charge on any atom is -0.384 e. The summed E-state index contributed by atoms with van der Waals surface area (Å²) in [5, 5.41) is 8.72. The van der Waals surface area contributed by atoms with E-state index in [1.165, 1.54) is 31.4 Å². The predicted molar refractivity (Wildman–Crippen MR) is 71.9 cm³/mol. The normalized spacial score (nSPS) is 26.1. The van der Waals surface area contributed by atoms with Crippen LogP contribution in [0.1, 0.15) is 30.4 Å². The SMILES string of the molecule is OCC#Cc1cccc(CN2CC3CCC2C3)c1. The van der Waals surface area contributed by atoms with Crippen molar-refractivity contribution in [2.24, 2.45) is 5.92 Å². The van der Waals surface area contributed by atoms with Gasteiger partial charge in [0.15, 0.2) is 0 Å². The third-order valence-corrected chi connectivity index (χ3v) is 4.15. The van der Waals surface area contributed by atoms with Crippen LogP contribution in [0.4, 0.5) is 0 Å². The van der Waals surface area contributed by atoms with Gasteiger partial charge >= 0.3 is 0 Å². The number of aliphatic hydroxyl groups is 1. The van der Waals surface area contributed by atoms with Gasteiger partial charge in [-0.3, -0.25) is 4.90 Å². The second-order valence-electron chi connectivity index (χ2n) is 5.42. The van der Waals surface area contributed by atoms with Gasteiger partial charge in [-0.2, -0.15) is 0 Å².